The molecule has 0 aliphatic carbocycles. The van der Waals surface area contributed by atoms with Gasteiger partial charge in [-0.2, -0.15) is 0 Å². The molecule has 1 radical (unpaired) electrons. The van der Waals surface area contributed by atoms with Crippen molar-refractivity contribution in [3.63, 3.8) is 0 Å². The van der Waals surface area contributed by atoms with Crippen molar-refractivity contribution in [3.8, 4) is 0 Å². The number of nitrogens with two attached hydrogens (primary N) is 2. The average Bonchev–Trinajstić information content (AvgIpc) is 2.53. The van der Waals surface area contributed by atoms with Crippen molar-refractivity contribution < 1.29 is 99.2 Å². The first-order valence-electron chi connectivity index (χ1n) is 8.10. The van der Waals surface area contributed by atoms with E-state index >= 15 is 0 Å². The molecule has 0 aromatic carbocycles. The number of aryl methyl sites for hydroxylation is 2. The van der Waals surface area contributed by atoms with E-state index in [1.54, 1.807) is 0 Å². The molecule has 20 N–H and O–H groups in total. The van der Waals surface area contributed by atoms with Crippen LogP contribution in [0.15, 0.2) is 36.7 Å². The summed E-state index contributed by atoms with van der Waals surface area (Å²) in [6.45, 7) is 4.01. The van der Waals surface area contributed by atoms with Crippen LogP contribution in [0.4, 0.5) is 11.6 Å². The minimum Gasteiger partial charge on any atom is -0.550 e. The molecule has 0 bridgehead atoms. The minimum atomic E-state index is -1.63. The summed E-state index contributed by atoms with van der Waals surface area (Å²) >= 11 is 0. The Bertz CT molecular complexity index is 731. The number of carbonyl (C=O) groups excluding carboxylic acids is 4. The Labute approximate surface area is 221 Å². The smallest absolute Gasteiger partial charge is 0.550 e. The number of carbonyl (C=O) groups is 4. The van der Waals surface area contributed by atoms with Gasteiger partial charge in [-0.25, -0.2) is 9.97 Å². The van der Waals surface area contributed by atoms with Gasteiger partial charge < -0.3 is 72.5 Å². The monoisotopic (exact) mass is 591 g/mol. The Morgan fingerprint density at radius 1 is 0.649 bits per heavy atom. The molecule has 2 aromatic heterocycles. The number of aromatic nitrogens is 2. The number of anilines is 2. The Balaban J connectivity index is -0.0000000381. The molecule has 0 spiro atoms. The van der Waals surface area contributed by atoms with E-state index in [0.29, 0.717) is 11.6 Å². The zero-order valence-corrected chi connectivity index (χ0v) is 20.8. The third-order valence-corrected chi connectivity index (χ3v) is 2.54. The first kappa shape index (κ1) is 58.7. The summed E-state index contributed by atoms with van der Waals surface area (Å²) in [7, 11) is 0. The molecule has 219 valence electrons. The van der Waals surface area contributed by atoms with Crippen LogP contribution in [0, 0.1) is 13.8 Å². The third-order valence-electron chi connectivity index (χ3n) is 2.54. The van der Waals surface area contributed by atoms with Gasteiger partial charge in [0.25, 0.3) is 11.6 Å². The first-order chi connectivity index (χ1) is 13.8. The van der Waals surface area contributed by atoms with Crippen LogP contribution in [0.25, 0.3) is 0 Å². The summed E-state index contributed by atoms with van der Waals surface area (Å²) in [4.78, 5) is 42.8. The summed E-state index contributed by atoms with van der Waals surface area (Å²) in [6, 6.07) is 7.72. The van der Waals surface area contributed by atoms with Gasteiger partial charge in [-0.3, -0.25) is 11.5 Å². The van der Waals surface area contributed by atoms with Crippen molar-refractivity contribution in [2.75, 3.05) is 11.5 Å². The Morgan fingerprint density at radius 2 is 0.865 bits per heavy atom. The van der Waals surface area contributed by atoms with E-state index < -0.39 is 36.7 Å². The number of aliphatic carboxylic acids is 4. The zero-order chi connectivity index (χ0) is 23.7. The number of carboxylic acids is 4. The van der Waals surface area contributed by atoms with Gasteiger partial charge in [-0.15, -0.1) is 0 Å². The standard InChI is InChI=1S/2C6H8N2.2C3H4O4.Co.6H2O/c2*1-5-2-3-8-6(7)4-5;2*4-2(5)1-3(6)7;;;;;;;/h2*2-4H,1H3,(H2,7,8);2*1H2,(H,4,5)(H,6,7);;6*1H2/q;;;;+2;;;;;;. The molecule has 0 atom stereocenters. The molecule has 2 aromatic rings. The average molecular weight is 591 g/mol. The fourth-order valence-electron chi connectivity index (χ4n) is 1.44. The molecule has 0 fully saturated rings. The van der Waals surface area contributed by atoms with E-state index in [2.05, 4.69) is 9.97 Å². The fraction of sp³-hybridized carbons (Fsp3) is 0.222. The van der Waals surface area contributed by atoms with E-state index in [4.69, 9.17) is 11.5 Å². The predicted molar refractivity (Wildman–Crippen MR) is 118 cm³/mol. The summed E-state index contributed by atoms with van der Waals surface area (Å²) in [5, 5.41) is 37.1. The molecule has 2 heterocycles. The van der Waals surface area contributed by atoms with E-state index in [1.165, 1.54) is 11.1 Å². The van der Waals surface area contributed by atoms with Crippen LogP contribution < -0.4 is 41.9 Å². The topological polar surface area (TPSA) is 433 Å². The Morgan fingerprint density at radius 3 is 0.946 bits per heavy atom. The molecule has 0 unspecified atom stereocenters. The molecule has 0 saturated heterocycles. The SMILES string of the molecule is Cc1cc[nH+]c(N)c1.Cc1cc[nH+]c(N)c1.O.O.O.O.O=C([O-])CC(=O)[O-].O=C([O-])CC(=O)[O-].[Co+2].[OH3+].[OH3+]. The van der Waals surface area contributed by atoms with Crippen molar-refractivity contribution in [1.82, 2.24) is 0 Å². The summed E-state index contributed by atoms with van der Waals surface area (Å²) in [5.41, 5.74) is 13.2. The van der Waals surface area contributed by atoms with Crippen molar-refractivity contribution in [2.45, 2.75) is 26.7 Å². The molecular weight excluding hydrogens is 555 g/mol. The molecule has 0 aliphatic rings. The summed E-state index contributed by atoms with van der Waals surface area (Å²) in [6.07, 6.45) is 1.59. The maximum absolute atomic E-state index is 9.28. The van der Waals surface area contributed by atoms with Crippen molar-refractivity contribution in [3.05, 3.63) is 47.8 Å². The molecule has 0 saturated carbocycles. The van der Waals surface area contributed by atoms with Crippen LogP contribution in [0.1, 0.15) is 24.0 Å². The number of nitrogens with one attached hydrogen (secondary N) is 2. The van der Waals surface area contributed by atoms with Gasteiger partial charge in [-0.05, 0) is 37.1 Å². The maximum Gasteiger partial charge on any atom is 2.00 e. The second-order valence-corrected chi connectivity index (χ2v) is 5.48. The minimum absolute atomic E-state index is 0. The first-order valence-corrected chi connectivity index (χ1v) is 8.10. The van der Waals surface area contributed by atoms with E-state index in [-0.39, 0.29) is 49.6 Å². The number of rotatable bonds is 4. The van der Waals surface area contributed by atoms with Gasteiger partial charge in [0.05, 0.1) is 12.4 Å². The van der Waals surface area contributed by atoms with Gasteiger partial charge in [0, 0.05) is 48.9 Å². The predicted octanol–water partition coefficient (Wildman–Crippen LogP) is -10.6. The molecule has 2 rings (SSSR count). The van der Waals surface area contributed by atoms with Crippen LogP contribution in [0.2, 0.25) is 0 Å². The summed E-state index contributed by atoms with van der Waals surface area (Å²) < 4.78 is 0. The largest absolute Gasteiger partial charge is 2.00 e. The molecule has 37 heavy (non-hydrogen) atoms. The molecule has 0 amide bonds. The normalized spacial score (nSPS) is 6.97. The Kier molecular flexibility index (Phi) is 54.3. The van der Waals surface area contributed by atoms with Gasteiger partial charge in [0.15, 0.2) is 0 Å². The fourth-order valence-corrected chi connectivity index (χ4v) is 1.44. The van der Waals surface area contributed by atoms with Crippen molar-refractivity contribution in [1.29, 1.82) is 0 Å². The molecular formula is C18H36CoN4O14+2. The van der Waals surface area contributed by atoms with Crippen molar-refractivity contribution >= 4 is 35.5 Å². The van der Waals surface area contributed by atoms with Crippen LogP contribution in [-0.2, 0) is 46.9 Å². The van der Waals surface area contributed by atoms with Crippen LogP contribution >= 0.6 is 0 Å². The van der Waals surface area contributed by atoms with E-state index in [0.717, 1.165) is 0 Å². The Hall–Kier alpha value is -3.95. The second-order valence-electron chi connectivity index (χ2n) is 5.48. The number of carboxylic acid groups (broad SMARTS) is 4. The van der Waals surface area contributed by atoms with Gasteiger partial charge in [0.2, 0.25) is 0 Å². The van der Waals surface area contributed by atoms with Gasteiger partial charge in [0.1, 0.15) is 0 Å². The summed E-state index contributed by atoms with van der Waals surface area (Å²) in [5.74, 6) is -5.07. The number of pyridine rings is 2. The number of aromatic amines is 2. The quantitative estimate of drug-likeness (QED) is 0.249. The molecule has 18 nitrogen and oxygen atoms in total. The molecule has 19 heteroatoms. The number of nitrogen functional groups attached to an aromatic ring is 2. The van der Waals surface area contributed by atoms with Crippen LogP contribution in [0.3, 0.4) is 0 Å². The zero-order valence-electron chi connectivity index (χ0n) is 19.8. The second kappa shape index (κ2) is 34.2. The van der Waals surface area contributed by atoms with Crippen molar-refractivity contribution in [2.24, 2.45) is 0 Å². The van der Waals surface area contributed by atoms with Crippen LogP contribution in [-0.4, -0.2) is 45.8 Å². The molecule has 0 aliphatic heterocycles. The van der Waals surface area contributed by atoms with Crippen LogP contribution in [0.5, 0.6) is 0 Å². The van der Waals surface area contributed by atoms with E-state index in [9.17, 15) is 39.6 Å². The maximum atomic E-state index is 9.28. The van der Waals surface area contributed by atoms with E-state index in [1.807, 2.05) is 50.5 Å². The number of hydrogen-bond acceptors (Lipinski definition) is 10. The third kappa shape index (κ3) is 50.0. The van der Waals surface area contributed by atoms with Gasteiger partial charge >= 0.3 is 16.8 Å². The number of H-pyrrole nitrogens is 2. The van der Waals surface area contributed by atoms with Gasteiger partial charge in [-0.1, -0.05) is 0 Å². The number of hydrogen-bond donors (Lipinski definition) is 2.